The van der Waals surface area contributed by atoms with E-state index in [9.17, 15) is 5.26 Å². The van der Waals surface area contributed by atoms with Crippen molar-refractivity contribution in [3.05, 3.63) is 53.9 Å². The monoisotopic (exact) mass is 282 g/mol. The fraction of sp³-hybridized carbons (Fsp3) is 0.412. The Kier molecular flexibility index (Phi) is 5.13. The molecule has 1 unspecified atom stereocenters. The first-order valence-electron chi connectivity index (χ1n) is 7.41. The minimum atomic E-state index is -0.656. The predicted molar refractivity (Wildman–Crippen MR) is 83.6 cm³/mol. The van der Waals surface area contributed by atoms with Crippen molar-refractivity contribution < 1.29 is 0 Å². The van der Waals surface area contributed by atoms with Gasteiger partial charge in [-0.05, 0) is 31.0 Å². The Balaban J connectivity index is 2.20. The molecule has 0 bridgehead atoms. The summed E-state index contributed by atoms with van der Waals surface area (Å²) in [7, 11) is 0. The Bertz CT molecular complexity index is 597. The normalized spacial score (nSPS) is 13.6. The van der Waals surface area contributed by atoms with Gasteiger partial charge in [-0.3, -0.25) is 10.00 Å². The third-order valence-corrected chi connectivity index (χ3v) is 3.61. The number of aryl methyl sites for hydroxylation is 2. The van der Waals surface area contributed by atoms with E-state index in [1.54, 1.807) is 0 Å². The van der Waals surface area contributed by atoms with Crippen LogP contribution in [0.15, 0.2) is 42.7 Å². The Labute approximate surface area is 126 Å². The number of hydrogen-bond acceptors (Lipinski definition) is 3. The van der Waals surface area contributed by atoms with Crippen molar-refractivity contribution in [1.29, 1.82) is 5.26 Å². The maximum Gasteiger partial charge on any atom is 0.134 e. The summed E-state index contributed by atoms with van der Waals surface area (Å²) in [4.78, 5) is 0. The van der Waals surface area contributed by atoms with E-state index in [-0.39, 0.29) is 0 Å². The summed E-state index contributed by atoms with van der Waals surface area (Å²) < 4.78 is 1.90. The van der Waals surface area contributed by atoms with Crippen LogP contribution in [0.25, 0.3) is 0 Å². The molecule has 21 heavy (non-hydrogen) atoms. The summed E-state index contributed by atoms with van der Waals surface area (Å²) in [6, 6.07) is 12.5. The second-order valence-corrected chi connectivity index (χ2v) is 5.34. The van der Waals surface area contributed by atoms with Gasteiger partial charge in [0.05, 0.1) is 12.3 Å². The van der Waals surface area contributed by atoms with Gasteiger partial charge in [-0.15, -0.1) is 0 Å². The van der Waals surface area contributed by atoms with E-state index >= 15 is 0 Å². The molecule has 1 aromatic heterocycles. The molecular formula is C17H22N4. The number of rotatable bonds is 7. The van der Waals surface area contributed by atoms with E-state index in [2.05, 4.69) is 23.4 Å². The third-order valence-electron chi connectivity index (χ3n) is 3.61. The van der Waals surface area contributed by atoms with Crippen molar-refractivity contribution >= 4 is 0 Å². The molecule has 0 saturated carbocycles. The van der Waals surface area contributed by atoms with Crippen LogP contribution in [0, 0.1) is 18.3 Å². The fourth-order valence-electron chi connectivity index (χ4n) is 2.43. The highest BCUT2D eigenvalue weighted by Gasteiger charge is 2.31. The van der Waals surface area contributed by atoms with Gasteiger partial charge in [0.25, 0.3) is 0 Å². The average molecular weight is 282 g/mol. The first kappa shape index (κ1) is 15.3. The van der Waals surface area contributed by atoms with Crippen LogP contribution in [0.5, 0.6) is 0 Å². The molecule has 0 saturated heterocycles. The van der Waals surface area contributed by atoms with Crippen LogP contribution in [0.4, 0.5) is 0 Å². The lowest BCUT2D eigenvalue weighted by molar-refractivity contribution is 0.364. The van der Waals surface area contributed by atoms with Crippen LogP contribution in [0.1, 0.15) is 30.9 Å². The minimum absolute atomic E-state index is 0.656. The fourth-order valence-corrected chi connectivity index (χ4v) is 2.43. The molecule has 0 aliphatic carbocycles. The molecule has 1 aromatic carbocycles. The molecule has 0 aliphatic heterocycles. The Morgan fingerprint density at radius 1 is 1.33 bits per heavy atom. The van der Waals surface area contributed by atoms with Crippen molar-refractivity contribution in [1.82, 2.24) is 15.1 Å². The quantitative estimate of drug-likeness (QED) is 0.849. The van der Waals surface area contributed by atoms with Gasteiger partial charge in [-0.25, -0.2) is 0 Å². The lowest BCUT2D eigenvalue weighted by Gasteiger charge is -2.28. The van der Waals surface area contributed by atoms with Gasteiger partial charge in [0.2, 0.25) is 0 Å². The van der Waals surface area contributed by atoms with Crippen molar-refractivity contribution in [2.45, 2.75) is 38.8 Å². The molecule has 0 aliphatic rings. The van der Waals surface area contributed by atoms with Crippen LogP contribution in [-0.2, 0) is 12.1 Å². The molecule has 0 fully saturated rings. The van der Waals surface area contributed by atoms with Crippen LogP contribution in [-0.4, -0.2) is 16.3 Å². The Hall–Kier alpha value is -2.12. The summed E-state index contributed by atoms with van der Waals surface area (Å²) in [6.45, 7) is 5.66. The molecule has 110 valence electrons. The van der Waals surface area contributed by atoms with E-state index in [1.807, 2.05) is 54.3 Å². The number of nitrogens with one attached hydrogen (secondary N) is 1. The Morgan fingerprint density at radius 2 is 2.10 bits per heavy atom. The first-order chi connectivity index (χ1) is 10.2. The van der Waals surface area contributed by atoms with Gasteiger partial charge in [-0.2, -0.15) is 10.4 Å². The maximum atomic E-state index is 9.80. The van der Waals surface area contributed by atoms with Crippen LogP contribution < -0.4 is 5.32 Å². The van der Waals surface area contributed by atoms with Crippen LogP contribution in [0.3, 0.4) is 0 Å². The molecule has 4 nitrogen and oxygen atoms in total. The third kappa shape index (κ3) is 3.71. The van der Waals surface area contributed by atoms with E-state index < -0.39 is 5.54 Å². The molecule has 2 aromatic rings. The molecule has 1 atom stereocenters. The average Bonchev–Trinajstić information content (AvgIpc) is 2.95. The molecule has 0 radical (unpaired) electrons. The molecule has 4 heteroatoms. The highest BCUT2D eigenvalue weighted by atomic mass is 15.3. The van der Waals surface area contributed by atoms with Crippen LogP contribution >= 0.6 is 0 Å². The number of nitrogens with zero attached hydrogens (tertiary/aromatic N) is 3. The standard InChI is InChI=1S/C17H22N4/c1-3-10-19-17(14-18,16-7-5-4-6-8-16)9-11-21-13-15(2)12-20-21/h4-8,12-13,19H,3,9-11H2,1-2H3. The zero-order chi connectivity index (χ0) is 15.1. The van der Waals surface area contributed by atoms with E-state index in [4.69, 9.17) is 0 Å². The molecule has 1 heterocycles. The molecule has 1 N–H and O–H groups in total. The van der Waals surface area contributed by atoms with Gasteiger partial charge < -0.3 is 0 Å². The summed E-state index contributed by atoms with van der Waals surface area (Å²) in [5.74, 6) is 0. The van der Waals surface area contributed by atoms with Gasteiger partial charge in [0.15, 0.2) is 0 Å². The molecular weight excluding hydrogens is 260 g/mol. The van der Waals surface area contributed by atoms with E-state index in [0.29, 0.717) is 13.0 Å². The van der Waals surface area contributed by atoms with Gasteiger partial charge >= 0.3 is 0 Å². The summed E-state index contributed by atoms with van der Waals surface area (Å²) in [5, 5.41) is 17.5. The van der Waals surface area contributed by atoms with Crippen molar-refractivity contribution in [2.75, 3.05) is 6.54 Å². The number of benzene rings is 1. The highest BCUT2D eigenvalue weighted by Crippen LogP contribution is 2.25. The Morgan fingerprint density at radius 3 is 2.67 bits per heavy atom. The zero-order valence-corrected chi connectivity index (χ0v) is 12.7. The SMILES string of the molecule is CCCNC(C#N)(CCn1cc(C)cn1)c1ccccc1. The van der Waals surface area contributed by atoms with Gasteiger partial charge in [0.1, 0.15) is 5.54 Å². The second-order valence-electron chi connectivity index (χ2n) is 5.34. The maximum absolute atomic E-state index is 9.80. The number of nitriles is 1. The van der Waals surface area contributed by atoms with Gasteiger partial charge in [0, 0.05) is 19.2 Å². The molecule has 2 rings (SSSR count). The summed E-state index contributed by atoms with van der Waals surface area (Å²) in [5.41, 5.74) is 1.50. The number of hydrogen-bond donors (Lipinski definition) is 1. The van der Waals surface area contributed by atoms with Crippen molar-refractivity contribution in [3.8, 4) is 6.07 Å². The summed E-state index contributed by atoms with van der Waals surface area (Å²) >= 11 is 0. The predicted octanol–water partition coefficient (Wildman–Crippen LogP) is 3.00. The molecule has 0 amide bonds. The zero-order valence-electron chi connectivity index (χ0n) is 12.7. The van der Waals surface area contributed by atoms with E-state index in [1.165, 1.54) is 0 Å². The first-order valence-corrected chi connectivity index (χ1v) is 7.41. The largest absolute Gasteiger partial charge is 0.296 e. The van der Waals surface area contributed by atoms with Gasteiger partial charge in [-0.1, -0.05) is 37.3 Å². The smallest absolute Gasteiger partial charge is 0.134 e. The number of aromatic nitrogens is 2. The lowest BCUT2D eigenvalue weighted by Crippen LogP contribution is -2.42. The topological polar surface area (TPSA) is 53.6 Å². The second kappa shape index (κ2) is 7.05. The lowest BCUT2D eigenvalue weighted by atomic mass is 9.87. The van der Waals surface area contributed by atoms with Crippen molar-refractivity contribution in [3.63, 3.8) is 0 Å². The van der Waals surface area contributed by atoms with E-state index in [0.717, 1.165) is 24.1 Å². The highest BCUT2D eigenvalue weighted by molar-refractivity contribution is 5.31. The molecule has 0 spiro atoms. The summed E-state index contributed by atoms with van der Waals surface area (Å²) in [6.07, 6.45) is 5.54. The van der Waals surface area contributed by atoms with Crippen molar-refractivity contribution in [2.24, 2.45) is 0 Å². The van der Waals surface area contributed by atoms with Crippen LogP contribution in [0.2, 0.25) is 0 Å². The minimum Gasteiger partial charge on any atom is -0.296 e.